The first-order valence-corrected chi connectivity index (χ1v) is 9.63. The van der Waals surface area contributed by atoms with Gasteiger partial charge in [-0.1, -0.05) is 37.3 Å². The predicted octanol–water partition coefficient (Wildman–Crippen LogP) is 3.90. The van der Waals surface area contributed by atoms with Gasteiger partial charge in [-0.2, -0.15) is 5.10 Å². The van der Waals surface area contributed by atoms with E-state index in [-0.39, 0.29) is 10.8 Å². The third-order valence-corrected chi connectivity index (χ3v) is 5.66. The third-order valence-electron chi connectivity index (χ3n) is 4.05. The Labute approximate surface area is 151 Å². The van der Waals surface area contributed by atoms with E-state index in [9.17, 15) is 4.21 Å². The van der Waals surface area contributed by atoms with Crippen molar-refractivity contribution in [1.82, 2.24) is 19.3 Å². The van der Waals surface area contributed by atoms with Gasteiger partial charge in [-0.05, 0) is 33.3 Å². The maximum Gasteiger partial charge on any atom is 0.153 e. The molecule has 5 nitrogen and oxygen atoms in total. The lowest BCUT2D eigenvalue weighted by Crippen LogP contribution is -2.35. The molecular formula is C19H24N4OS. The fourth-order valence-corrected chi connectivity index (χ4v) is 3.53. The minimum Gasteiger partial charge on any atom is -0.242 e. The number of aromatic nitrogens is 3. The van der Waals surface area contributed by atoms with Crippen LogP contribution in [0.1, 0.15) is 45.7 Å². The van der Waals surface area contributed by atoms with E-state index in [1.165, 1.54) is 0 Å². The van der Waals surface area contributed by atoms with E-state index < -0.39 is 11.0 Å². The van der Waals surface area contributed by atoms with Crippen molar-refractivity contribution in [3.8, 4) is 11.3 Å². The van der Waals surface area contributed by atoms with Crippen molar-refractivity contribution in [2.45, 2.75) is 44.9 Å². The lowest BCUT2D eigenvalue weighted by molar-refractivity contribution is 0.587. The van der Waals surface area contributed by atoms with Crippen molar-refractivity contribution in [3.63, 3.8) is 0 Å². The molecule has 2 atom stereocenters. The summed E-state index contributed by atoms with van der Waals surface area (Å²) in [7, 11) is -1.16. The lowest BCUT2D eigenvalue weighted by atomic mass is 9.99. The van der Waals surface area contributed by atoms with Crippen LogP contribution >= 0.6 is 0 Å². The first-order valence-electron chi connectivity index (χ1n) is 8.48. The normalized spacial score (nSPS) is 14.6. The van der Waals surface area contributed by atoms with Crippen LogP contribution in [0.3, 0.4) is 0 Å². The van der Waals surface area contributed by atoms with E-state index in [1.807, 2.05) is 63.4 Å². The van der Waals surface area contributed by atoms with Crippen LogP contribution < -0.4 is 4.72 Å². The van der Waals surface area contributed by atoms with Gasteiger partial charge in [-0.15, -0.1) is 0 Å². The van der Waals surface area contributed by atoms with Gasteiger partial charge in [0.1, 0.15) is 0 Å². The Bertz CT molecular complexity index is 883. The summed E-state index contributed by atoms with van der Waals surface area (Å²) in [5.74, 6) is 0. The summed E-state index contributed by atoms with van der Waals surface area (Å²) in [6.07, 6.45) is 4.38. The van der Waals surface area contributed by atoms with Crippen LogP contribution in [0.4, 0.5) is 0 Å². The molecule has 0 amide bonds. The van der Waals surface area contributed by atoms with Crippen molar-refractivity contribution in [2.75, 3.05) is 0 Å². The molecule has 2 heterocycles. The van der Waals surface area contributed by atoms with Gasteiger partial charge in [-0.3, -0.25) is 0 Å². The molecule has 3 aromatic rings. The standard InChI is InChI=1S/C19H24N4OS/c1-5-16(22-25(24)19(2,3)4)15-13-17-20-11-12-23(17)21-18(15)14-9-7-6-8-10-14/h6-13,16,22H,5H2,1-4H3/t16-,25-/m1/s1. The Hall–Kier alpha value is -2.05. The fourth-order valence-electron chi connectivity index (χ4n) is 2.63. The Kier molecular flexibility index (Phi) is 5.01. The van der Waals surface area contributed by atoms with Gasteiger partial charge in [0.15, 0.2) is 5.65 Å². The zero-order valence-electron chi connectivity index (χ0n) is 15.1. The molecule has 3 rings (SSSR count). The van der Waals surface area contributed by atoms with Crippen molar-refractivity contribution in [3.05, 3.63) is 54.4 Å². The van der Waals surface area contributed by atoms with E-state index in [1.54, 1.807) is 10.7 Å². The second-order valence-electron chi connectivity index (χ2n) is 7.00. The van der Waals surface area contributed by atoms with Crippen LogP contribution in [0.25, 0.3) is 16.9 Å². The largest absolute Gasteiger partial charge is 0.242 e. The van der Waals surface area contributed by atoms with Crippen molar-refractivity contribution < 1.29 is 4.21 Å². The summed E-state index contributed by atoms with van der Waals surface area (Å²) < 4.78 is 17.4. The molecule has 0 saturated heterocycles. The molecule has 1 aromatic carbocycles. The number of fused-ring (bicyclic) bond motifs is 1. The average molecular weight is 356 g/mol. The van der Waals surface area contributed by atoms with Crippen LogP contribution in [0.5, 0.6) is 0 Å². The molecule has 132 valence electrons. The minimum absolute atomic E-state index is 0.0653. The summed E-state index contributed by atoms with van der Waals surface area (Å²) >= 11 is 0. The first kappa shape index (κ1) is 17.8. The van der Waals surface area contributed by atoms with Gasteiger partial charge >= 0.3 is 0 Å². The monoisotopic (exact) mass is 356 g/mol. The van der Waals surface area contributed by atoms with Gasteiger partial charge in [0.25, 0.3) is 0 Å². The predicted molar refractivity (Wildman–Crippen MR) is 102 cm³/mol. The average Bonchev–Trinajstić information content (AvgIpc) is 3.05. The Morgan fingerprint density at radius 3 is 2.60 bits per heavy atom. The van der Waals surface area contributed by atoms with E-state index in [4.69, 9.17) is 5.10 Å². The van der Waals surface area contributed by atoms with Gasteiger partial charge in [0, 0.05) is 29.6 Å². The van der Waals surface area contributed by atoms with Crippen LogP contribution in [0.2, 0.25) is 0 Å². The highest BCUT2D eigenvalue weighted by Gasteiger charge is 2.25. The van der Waals surface area contributed by atoms with E-state index >= 15 is 0 Å². The van der Waals surface area contributed by atoms with Gasteiger partial charge in [0.2, 0.25) is 0 Å². The molecule has 0 unspecified atom stereocenters. The van der Waals surface area contributed by atoms with E-state index in [0.29, 0.717) is 0 Å². The molecule has 6 heteroatoms. The van der Waals surface area contributed by atoms with E-state index in [0.717, 1.165) is 28.9 Å². The molecule has 0 radical (unpaired) electrons. The number of nitrogens with zero attached hydrogens (tertiary/aromatic N) is 3. The van der Waals surface area contributed by atoms with Crippen molar-refractivity contribution in [2.24, 2.45) is 0 Å². The lowest BCUT2D eigenvalue weighted by Gasteiger charge is -2.25. The molecular weight excluding hydrogens is 332 g/mol. The van der Waals surface area contributed by atoms with Crippen molar-refractivity contribution in [1.29, 1.82) is 0 Å². The molecule has 0 aliphatic rings. The van der Waals surface area contributed by atoms with Crippen molar-refractivity contribution >= 4 is 16.6 Å². The number of rotatable bonds is 5. The van der Waals surface area contributed by atoms with Gasteiger partial charge in [-0.25, -0.2) is 18.4 Å². The van der Waals surface area contributed by atoms with Crippen LogP contribution in [-0.2, 0) is 11.0 Å². The third kappa shape index (κ3) is 3.80. The highest BCUT2D eigenvalue weighted by atomic mass is 32.2. The molecule has 0 spiro atoms. The van der Waals surface area contributed by atoms with Crippen LogP contribution in [-0.4, -0.2) is 23.6 Å². The quantitative estimate of drug-likeness (QED) is 0.754. The molecule has 1 N–H and O–H groups in total. The maximum atomic E-state index is 12.6. The highest BCUT2D eigenvalue weighted by Crippen LogP contribution is 2.30. The Balaban J connectivity index is 2.10. The Morgan fingerprint density at radius 1 is 1.24 bits per heavy atom. The zero-order valence-corrected chi connectivity index (χ0v) is 15.9. The number of benzene rings is 1. The highest BCUT2D eigenvalue weighted by molar-refractivity contribution is 7.84. The van der Waals surface area contributed by atoms with Crippen LogP contribution in [0.15, 0.2) is 48.8 Å². The molecule has 0 fully saturated rings. The second-order valence-corrected chi connectivity index (χ2v) is 9.00. The van der Waals surface area contributed by atoms with Gasteiger partial charge < -0.3 is 0 Å². The number of hydrogen-bond donors (Lipinski definition) is 1. The Morgan fingerprint density at radius 2 is 1.96 bits per heavy atom. The molecule has 2 aromatic heterocycles. The minimum atomic E-state index is -1.16. The molecule has 0 bridgehead atoms. The summed E-state index contributed by atoms with van der Waals surface area (Å²) in [5.41, 5.74) is 3.73. The van der Waals surface area contributed by atoms with E-state index in [2.05, 4.69) is 16.6 Å². The smallest absolute Gasteiger partial charge is 0.153 e. The fraction of sp³-hybridized carbons (Fsp3) is 0.368. The molecule has 0 aliphatic heterocycles. The molecule has 0 saturated carbocycles. The SMILES string of the molecule is CC[C@@H](N[S@](=O)C(C)(C)C)c1cc2nccn2nc1-c1ccccc1. The topological polar surface area (TPSA) is 59.3 Å². The number of hydrogen-bond acceptors (Lipinski definition) is 3. The molecule has 25 heavy (non-hydrogen) atoms. The zero-order chi connectivity index (χ0) is 18.0. The summed E-state index contributed by atoms with van der Waals surface area (Å²) in [5, 5.41) is 4.76. The summed E-state index contributed by atoms with van der Waals surface area (Å²) in [6.45, 7) is 7.99. The van der Waals surface area contributed by atoms with Crippen LogP contribution in [0, 0.1) is 0 Å². The number of imidazole rings is 1. The maximum absolute atomic E-state index is 12.6. The summed E-state index contributed by atoms with van der Waals surface area (Å²) in [6, 6.07) is 12.1. The second kappa shape index (κ2) is 7.06. The molecule has 0 aliphatic carbocycles. The number of nitrogens with one attached hydrogen (secondary N) is 1. The first-order chi connectivity index (χ1) is 11.9. The summed E-state index contributed by atoms with van der Waals surface area (Å²) in [4.78, 5) is 4.36. The van der Waals surface area contributed by atoms with Gasteiger partial charge in [0.05, 0.1) is 21.4 Å².